The Bertz CT molecular complexity index is 1380. The molecule has 40 heavy (non-hydrogen) atoms. The summed E-state index contributed by atoms with van der Waals surface area (Å²) in [5, 5.41) is 3.54. The number of nitrogens with one attached hydrogen (secondary N) is 1. The molecule has 0 saturated heterocycles. The van der Waals surface area contributed by atoms with Crippen molar-refractivity contribution in [3.63, 3.8) is 0 Å². The van der Waals surface area contributed by atoms with Gasteiger partial charge in [-0.1, -0.05) is 79.9 Å². The Labute approximate surface area is 247 Å². The van der Waals surface area contributed by atoms with Crippen LogP contribution < -0.4 is 9.62 Å². The van der Waals surface area contributed by atoms with Crippen LogP contribution in [-0.2, 0) is 32.6 Å². The molecule has 1 N–H and O–H groups in total. The molecule has 3 aromatic carbocycles. The Balaban J connectivity index is 2.03. The van der Waals surface area contributed by atoms with Gasteiger partial charge in [0.25, 0.3) is 10.0 Å². The lowest BCUT2D eigenvalue weighted by atomic mass is 10.1. The predicted octanol–water partition coefficient (Wildman–Crippen LogP) is 6.08. The molecule has 0 bridgehead atoms. The number of unbranched alkanes of at least 4 members (excludes halogenated alkanes) is 1. The van der Waals surface area contributed by atoms with Crippen molar-refractivity contribution in [3.05, 3.63) is 94.0 Å². The lowest BCUT2D eigenvalue weighted by Gasteiger charge is -2.32. The number of rotatable bonds is 13. The number of hydrogen-bond acceptors (Lipinski definition) is 4. The van der Waals surface area contributed by atoms with E-state index in [1.807, 2.05) is 26.0 Å². The van der Waals surface area contributed by atoms with Crippen molar-refractivity contribution in [3.8, 4) is 0 Å². The molecular formula is C30H35Cl2N3O4S. The number of carbonyl (C=O) groups is 2. The zero-order chi connectivity index (χ0) is 29.3. The van der Waals surface area contributed by atoms with Crippen molar-refractivity contribution in [1.29, 1.82) is 0 Å². The summed E-state index contributed by atoms with van der Waals surface area (Å²) in [6.07, 6.45) is 2.47. The molecule has 0 saturated carbocycles. The number of benzene rings is 3. The van der Waals surface area contributed by atoms with Gasteiger partial charge < -0.3 is 10.2 Å². The minimum absolute atomic E-state index is 0.0495. The van der Waals surface area contributed by atoms with Gasteiger partial charge in [0.2, 0.25) is 11.8 Å². The van der Waals surface area contributed by atoms with Gasteiger partial charge in [0.05, 0.1) is 10.6 Å². The quantitative estimate of drug-likeness (QED) is 0.240. The number of nitrogens with zero attached hydrogens (tertiary/aromatic N) is 2. The van der Waals surface area contributed by atoms with Crippen LogP contribution in [0.15, 0.2) is 77.7 Å². The van der Waals surface area contributed by atoms with Gasteiger partial charge in [0.1, 0.15) is 12.6 Å². The Hall–Kier alpha value is -3.07. The summed E-state index contributed by atoms with van der Waals surface area (Å²) in [4.78, 5) is 28.4. The van der Waals surface area contributed by atoms with Crippen LogP contribution in [0.25, 0.3) is 0 Å². The smallest absolute Gasteiger partial charge is 0.264 e. The molecule has 0 heterocycles. The molecule has 0 unspecified atom stereocenters. The minimum Gasteiger partial charge on any atom is -0.354 e. The van der Waals surface area contributed by atoms with E-state index < -0.39 is 28.5 Å². The summed E-state index contributed by atoms with van der Waals surface area (Å²) in [6.45, 7) is 5.48. The summed E-state index contributed by atoms with van der Waals surface area (Å²) in [5.74, 6) is -0.928. The molecule has 3 aromatic rings. The maximum atomic E-state index is 14.0. The summed E-state index contributed by atoms with van der Waals surface area (Å²) in [5.41, 5.74) is 1.84. The van der Waals surface area contributed by atoms with E-state index in [2.05, 4.69) is 5.32 Å². The summed E-state index contributed by atoms with van der Waals surface area (Å²) < 4.78 is 28.7. The second-order valence-corrected chi connectivity index (χ2v) is 12.1. The van der Waals surface area contributed by atoms with Gasteiger partial charge in [0.15, 0.2) is 0 Å². The van der Waals surface area contributed by atoms with Gasteiger partial charge in [-0.15, -0.1) is 0 Å². The van der Waals surface area contributed by atoms with E-state index in [0.717, 1.165) is 29.1 Å². The van der Waals surface area contributed by atoms with Gasteiger partial charge in [-0.3, -0.25) is 13.9 Å². The molecule has 1 atom stereocenters. The van der Waals surface area contributed by atoms with E-state index in [0.29, 0.717) is 27.8 Å². The third-order valence-corrected chi connectivity index (χ3v) is 9.13. The average Bonchev–Trinajstić information content (AvgIpc) is 2.96. The van der Waals surface area contributed by atoms with E-state index in [1.54, 1.807) is 55.5 Å². The first-order valence-electron chi connectivity index (χ1n) is 13.3. The van der Waals surface area contributed by atoms with Gasteiger partial charge in [0, 0.05) is 28.7 Å². The lowest BCUT2D eigenvalue weighted by Crippen LogP contribution is -2.51. The van der Waals surface area contributed by atoms with E-state index in [4.69, 9.17) is 23.2 Å². The summed E-state index contributed by atoms with van der Waals surface area (Å²) >= 11 is 12.8. The first-order chi connectivity index (χ1) is 19.1. The molecule has 0 aliphatic rings. The highest BCUT2D eigenvalue weighted by Crippen LogP contribution is 2.28. The number of sulfonamides is 1. The Morgan fingerprint density at radius 2 is 1.52 bits per heavy atom. The van der Waals surface area contributed by atoms with E-state index >= 15 is 0 Å². The number of hydrogen-bond donors (Lipinski definition) is 1. The molecule has 0 spiro atoms. The van der Waals surface area contributed by atoms with E-state index in [1.165, 1.54) is 17.0 Å². The number of aryl methyl sites for hydroxylation is 1. The van der Waals surface area contributed by atoms with Crippen LogP contribution in [-0.4, -0.2) is 44.3 Å². The zero-order valence-corrected chi connectivity index (χ0v) is 25.3. The Morgan fingerprint density at radius 1 is 0.900 bits per heavy atom. The van der Waals surface area contributed by atoms with Crippen LogP contribution in [0.4, 0.5) is 5.69 Å². The second kappa shape index (κ2) is 14.5. The van der Waals surface area contributed by atoms with Crippen LogP contribution >= 0.6 is 23.2 Å². The molecule has 214 valence electrons. The van der Waals surface area contributed by atoms with Gasteiger partial charge in [-0.05, 0) is 61.7 Å². The van der Waals surface area contributed by atoms with Crippen molar-refractivity contribution in [2.75, 3.05) is 17.4 Å². The number of anilines is 1. The van der Waals surface area contributed by atoms with Crippen molar-refractivity contribution >= 4 is 50.7 Å². The van der Waals surface area contributed by atoms with Gasteiger partial charge >= 0.3 is 0 Å². The fourth-order valence-electron chi connectivity index (χ4n) is 4.12. The molecule has 0 fully saturated rings. The highest BCUT2D eigenvalue weighted by atomic mass is 35.5. The molecule has 0 radical (unpaired) electrons. The molecule has 10 heteroatoms. The van der Waals surface area contributed by atoms with Gasteiger partial charge in [-0.2, -0.15) is 0 Å². The average molecular weight is 605 g/mol. The van der Waals surface area contributed by atoms with Crippen LogP contribution in [0.1, 0.15) is 44.7 Å². The first-order valence-corrected chi connectivity index (χ1v) is 15.5. The highest BCUT2D eigenvalue weighted by Gasteiger charge is 2.33. The molecule has 0 aromatic heterocycles. The van der Waals surface area contributed by atoms with Gasteiger partial charge in [-0.25, -0.2) is 8.42 Å². The standard InChI is InChI=1S/C30H35Cl2N3O4S/c1-4-6-19-33-30(37)22(3)34(20-26-27(31)13-10-14-28(26)32)29(36)21-35(24-17-15-23(5-2)16-18-24)40(38,39)25-11-8-7-9-12-25/h7-18,22H,4-6,19-21H2,1-3H3,(H,33,37)/t22-/m1/s1. The highest BCUT2D eigenvalue weighted by molar-refractivity contribution is 7.92. The van der Waals surface area contributed by atoms with Crippen molar-refractivity contribution in [1.82, 2.24) is 10.2 Å². The second-order valence-electron chi connectivity index (χ2n) is 9.39. The van der Waals surface area contributed by atoms with Crippen molar-refractivity contribution in [2.45, 2.75) is 57.5 Å². The van der Waals surface area contributed by atoms with E-state index in [9.17, 15) is 18.0 Å². The summed E-state index contributed by atoms with van der Waals surface area (Å²) in [7, 11) is -4.12. The van der Waals surface area contributed by atoms with Crippen LogP contribution in [0.3, 0.4) is 0 Å². The predicted molar refractivity (Wildman–Crippen MR) is 161 cm³/mol. The summed E-state index contributed by atoms with van der Waals surface area (Å²) in [6, 6.07) is 19.0. The molecule has 2 amide bonds. The maximum Gasteiger partial charge on any atom is 0.264 e. The molecular weight excluding hydrogens is 569 g/mol. The minimum atomic E-state index is -4.12. The van der Waals surface area contributed by atoms with E-state index in [-0.39, 0.29) is 17.3 Å². The fraction of sp³-hybridized carbons (Fsp3) is 0.333. The molecule has 3 rings (SSSR count). The molecule has 0 aliphatic carbocycles. The monoisotopic (exact) mass is 603 g/mol. The first kappa shape index (κ1) is 31.5. The van der Waals surface area contributed by atoms with Crippen molar-refractivity contribution < 1.29 is 18.0 Å². The van der Waals surface area contributed by atoms with Crippen LogP contribution in [0.5, 0.6) is 0 Å². The maximum absolute atomic E-state index is 14.0. The Kier molecular flexibility index (Phi) is 11.4. The number of halogens is 2. The fourth-order valence-corrected chi connectivity index (χ4v) is 6.07. The lowest BCUT2D eigenvalue weighted by molar-refractivity contribution is -0.139. The molecule has 7 nitrogen and oxygen atoms in total. The normalized spacial score (nSPS) is 12.0. The van der Waals surface area contributed by atoms with Crippen LogP contribution in [0.2, 0.25) is 10.0 Å². The van der Waals surface area contributed by atoms with Crippen LogP contribution in [0, 0.1) is 0 Å². The topological polar surface area (TPSA) is 86.8 Å². The SMILES string of the molecule is CCCCNC(=O)[C@@H](C)N(Cc1c(Cl)cccc1Cl)C(=O)CN(c1ccc(CC)cc1)S(=O)(=O)c1ccccc1. The third-order valence-electron chi connectivity index (χ3n) is 6.63. The largest absolute Gasteiger partial charge is 0.354 e. The number of amides is 2. The third kappa shape index (κ3) is 7.77. The number of carbonyl (C=O) groups excluding carboxylic acids is 2. The van der Waals surface area contributed by atoms with Crippen molar-refractivity contribution in [2.24, 2.45) is 0 Å². The zero-order valence-electron chi connectivity index (χ0n) is 22.9. The Morgan fingerprint density at radius 3 is 2.10 bits per heavy atom. The molecule has 0 aliphatic heterocycles.